The molecule has 1 saturated heterocycles. The Labute approximate surface area is 148 Å². The maximum Gasteiger partial charge on any atom is 0.254 e. The van der Waals surface area contributed by atoms with Gasteiger partial charge in [-0.3, -0.25) is 9.59 Å². The summed E-state index contributed by atoms with van der Waals surface area (Å²) < 4.78 is 10.8. The van der Waals surface area contributed by atoms with Crippen LogP contribution in [0.3, 0.4) is 0 Å². The van der Waals surface area contributed by atoms with E-state index in [2.05, 4.69) is 5.32 Å². The van der Waals surface area contributed by atoms with E-state index in [1.165, 1.54) is 7.11 Å². The number of rotatable bonds is 6. The lowest BCUT2D eigenvalue weighted by molar-refractivity contribution is -0.118. The van der Waals surface area contributed by atoms with Crippen LogP contribution in [0.5, 0.6) is 0 Å². The predicted octanol–water partition coefficient (Wildman–Crippen LogP) is 1.24. The van der Waals surface area contributed by atoms with Crippen molar-refractivity contribution >= 4 is 17.5 Å². The Morgan fingerprint density at radius 3 is 2.40 bits per heavy atom. The molecule has 1 aromatic carbocycles. The van der Waals surface area contributed by atoms with Gasteiger partial charge in [0.1, 0.15) is 0 Å². The van der Waals surface area contributed by atoms with Crippen molar-refractivity contribution in [1.29, 1.82) is 0 Å². The van der Waals surface area contributed by atoms with Crippen LogP contribution in [-0.4, -0.2) is 61.8 Å². The van der Waals surface area contributed by atoms with Crippen molar-refractivity contribution in [2.75, 3.05) is 32.1 Å². The second-order valence-corrected chi connectivity index (χ2v) is 6.39. The summed E-state index contributed by atoms with van der Waals surface area (Å²) in [6.07, 6.45) is -0.0479. The number of benzene rings is 1. The highest BCUT2D eigenvalue weighted by molar-refractivity contribution is 5.96. The average Bonchev–Trinajstić information content (AvgIpc) is 2.59. The fourth-order valence-electron chi connectivity index (χ4n) is 2.90. The van der Waals surface area contributed by atoms with E-state index in [4.69, 9.17) is 15.2 Å². The number of amides is 2. The molecule has 1 aliphatic rings. The van der Waals surface area contributed by atoms with E-state index < -0.39 is 0 Å². The van der Waals surface area contributed by atoms with E-state index in [-0.39, 0.29) is 43.1 Å². The fourth-order valence-corrected chi connectivity index (χ4v) is 2.90. The van der Waals surface area contributed by atoms with Crippen LogP contribution >= 0.6 is 0 Å². The molecular weight excluding hydrogens is 322 g/mol. The zero-order valence-corrected chi connectivity index (χ0v) is 15.0. The number of hydrogen-bond acceptors (Lipinski definition) is 5. The van der Waals surface area contributed by atoms with Gasteiger partial charge in [-0.25, -0.2) is 0 Å². The molecule has 138 valence electrons. The molecule has 7 heteroatoms. The number of carbonyl (C=O) groups is 2. The summed E-state index contributed by atoms with van der Waals surface area (Å²) in [7, 11) is 1.53. The molecule has 1 aromatic rings. The quantitative estimate of drug-likeness (QED) is 0.806. The number of carbonyl (C=O) groups excluding carboxylic acids is 2. The summed E-state index contributed by atoms with van der Waals surface area (Å²) in [5.74, 6) is -0.199. The smallest absolute Gasteiger partial charge is 0.254 e. The average molecular weight is 349 g/mol. The molecule has 0 saturated carbocycles. The predicted molar refractivity (Wildman–Crippen MR) is 95.5 cm³/mol. The van der Waals surface area contributed by atoms with Gasteiger partial charge in [0, 0.05) is 38.0 Å². The molecule has 2 rings (SSSR count). The van der Waals surface area contributed by atoms with Crippen LogP contribution in [0.1, 0.15) is 30.6 Å². The molecule has 7 nitrogen and oxygen atoms in total. The summed E-state index contributed by atoms with van der Waals surface area (Å²) in [6, 6.07) is 6.89. The zero-order chi connectivity index (χ0) is 18.4. The number of hydrogen-bond donors (Lipinski definition) is 2. The first-order chi connectivity index (χ1) is 11.9. The first kappa shape index (κ1) is 19.4. The van der Waals surface area contributed by atoms with E-state index in [1.807, 2.05) is 13.8 Å². The molecule has 3 atom stereocenters. The largest absolute Gasteiger partial charge is 0.380 e. The lowest BCUT2D eigenvalue weighted by Gasteiger charge is -2.35. The van der Waals surface area contributed by atoms with E-state index in [0.717, 1.165) is 0 Å². The maximum atomic E-state index is 12.6. The first-order valence-corrected chi connectivity index (χ1v) is 8.50. The van der Waals surface area contributed by atoms with Gasteiger partial charge in [-0.2, -0.15) is 0 Å². The molecule has 1 heterocycles. The van der Waals surface area contributed by atoms with E-state index in [1.54, 1.807) is 29.2 Å². The van der Waals surface area contributed by atoms with Crippen LogP contribution in [-0.2, 0) is 14.3 Å². The van der Waals surface area contributed by atoms with Gasteiger partial charge in [-0.15, -0.1) is 0 Å². The third kappa shape index (κ3) is 5.52. The van der Waals surface area contributed by atoms with E-state index >= 15 is 0 Å². The summed E-state index contributed by atoms with van der Waals surface area (Å²) in [4.78, 5) is 26.3. The highest BCUT2D eigenvalue weighted by Gasteiger charge is 2.26. The van der Waals surface area contributed by atoms with Gasteiger partial charge in [0.05, 0.1) is 24.7 Å². The Balaban J connectivity index is 1.95. The summed E-state index contributed by atoms with van der Waals surface area (Å²) >= 11 is 0. The SMILES string of the molecule is COC(CN)CC(=O)Nc1ccc(C(=O)N2CC(C)OC(C)C2)cc1. The molecular formula is C18H27N3O4. The molecule has 0 bridgehead atoms. The van der Waals surface area contributed by atoms with Crippen LogP contribution in [0.15, 0.2) is 24.3 Å². The third-order valence-corrected chi connectivity index (χ3v) is 4.13. The zero-order valence-electron chi connectivity index (χ0n) is 15.0. The summed E-state index contributed by atoms with van der Waals surface area (Å²) in [5.41, 5.74) is 6.74. The Hall–Kier alpha value is -1.96. The molecule has 3 N–H and O–H groups in total. The van der Waals surface area contributed by atoms with Crippen LogP contribution in [0.25, 0.3) is 0 Å². The molecule has 0 spiro atoms. The minimum absolute atomic E-state index is 0.0255. The molecule has 2 amide bonds. The normalized spacial score (nSPS) is 21.7. The number of ether oxygens (including phenoxy) is 2. The van der Waals surface area contributed by atoms with Crippen molar-refractivity contribution in [2.45, 2.75) is 38.6 Å². The molecule has 1 fully saturated rings. The van der Waals surface area contributed by atoms with Crippen molar-refractivity contribution in [3.05, 3.63) is 29.8 Å². The fraction of sp³-hybridized carbons (Fsp3) is 0.556. The van der Waals surface area contributed by atoms with Crippen molar-refractivity contribution in [2.24, 2.45) is 5.73 Å². The van der Waals surface area contributed by atoms with Crippen molar-refractivity contribution in [1.82, 2.24) is 4.90 Å². The van der Waals surface area contributed by atoms with Crippen LogP contribution in [0.2, 0.25) is 0 Å². The van der Waals surface area contributed by atoms with Crippen LogP contribution in [0.4, 0.5) is 5.69 Å². The summed E-state index contributed by atoms with van der Waals surface area (Å²) in [6.45, 7) is 5.37. The topological polar surface area (TPSA) is 93.9 Å². The standard InChI is InChI=1S/C18H27N3O4/c1-12-10-21(11-13(2)25-12)18(23)14-4-6-15(7-5-14)20-17(22)8-16(9-19)24-3/h4-7,12-13,16H,8-11,19H2,1-3H3,(H,20,22). The minimum atomic E-state index is -0.300. The molecule has 0 aromatic heterocycles. The van der Waals surface area contributed by atoms with Crippen molar-refractivity contribution in [3.63, 3.8) is 0 Å². The molecule has 1 aliphatic heterocycles. The Kier molecular flexibility index (Phi) is 6.92. The number of nitrogens with zero attached hydrogens (tertiary/aromatic N) is 1. The number of methoxy groups -OCH3 is 1. The Morgan fingerprint density at radius 2 is 1.88 bits per heavy atom. The number of nitrogens with two attached hydrogens (primary N) is 1. The van der Waals surface area contributed by atoms with E-state index in [9.17, 15) is 9.59 Å². The lowest BCUT2D eigenvalue weighted by atomic mass is 10.1. The van der Waals surface area contributed by atoms with Gasteiger partial charge in [0.2, 0.25) is 5.91 Å². The number of morpholine rings is 1. The van der Waals surface area contributed by atoms with Gasteiger partial charge in [0.25, 0.3) is 5.91 Å². The minimum Gasteiger partial charge on any atom is -0.380 e. The Morgan fingerprint density at radius 1 is 1.28 bits per heavy atom. The van der Waals surface area contributed by atoms with Crippen molar-refractivity contribution in [3.8, 4) is 0 Å². The number of nitrogens with one attached hydrogen (secondary N) is 1. The molecule has 25 heavy (non-hydrogen) atoms. The van der Waals surface area contributed by atoms with Crippen LogP contribution in [0, 0.1) is 0 Å². The van der Waals surface area contributed by atoms with Gasteiger partial charge < -0.3 is 25.4 Å². The monoisotopic (exact) mass is 349 g/mol. The van der Waals surface area contributed by atoms with E-state index in [0.29, 0.717) is 24.3 Å². The Bertz CT molecular complexity index is 576. The van der Waals surface area contributed by atoms with Gasteiger partial charge in [-0.1, -0.05) is 0 Å². The maximum absolute atomic E-state index is 12.6. The molecule has 0 aliphatic carbocycles. The van der Waals surface area contributed by atoms with Crippen LogP contribution < -0.4 is 11.1 Å². The molecule has 3 unspecified atom stereocenters. The van der Waals surface area contributed by atoms with Gasteiger partial charge in [-0.05, 0) is 38.1 Å². The highest BCUT2D eigenvalue weighted by atomic mass is 16.5. The molecule has 0 radical (unpaired) electrons. The van der Waals surface area contributed by atoms with Gasteiger partial charge in [0.15, 0.2) is 0 Å². The first-order valence-electron chi connectivity index (χ1n) is 8.50. The second kappa shape index (κ2) is 8.94. The highest BCUT2D eigenvalue weighted by Crippen LogP contribution is 2.16. The lowest BCUT2D eigenvalue weighted by Crippen LogP contribution is -2.48. The second-order valence-electron chi connectivity index (χ2n) is 6.39. The van der Waals surface area contributed by atoms with Gasteiger partial charge >= 0.3 is 0 Å². The van der Waals surface area contributed by atoms with Crippen molar-refractivity contribution < 1.29 is 19.1 Å². The third-order valence-electron chi connectivity index (χ3n) is 4.13. The number of anilines is 1. The summed E-state index contributed by atoms with van der Waals surface area (Å²) in [5, 5.41) is 2.78.